The van der Waals surface area contributed by atoms with Crippen LogP contribution in [0.3, 0.4) is 0 Å². The number of fused-ring (bicyclic) bond motifs is 1. The summed E-state index contributed by atoms with van der Waals surface area (Å²) in [5.74, 6) is -3.55. The van der Waals surface area contributed by atoms with Crippen molar-refractivity contribution in [2.75, 3.05) is 20.1 Å². The maximum absolute atomic E-state index is 15.2. The summed E-state index contributed by atoms with van der Waals surface area (Å²) in [6.45, 7) is 0.440. The fourth-order valence-electron chi connectivity index (χ4n) is 3.84. The molecule has 0 saturated heterocycles. The van der Waals surface area contributed by atoms with Gasteiger partial charge in [-0.3, -0.25) is 9.69 Å². The first-order valence-electron chi connectivity index (χ1n) is 10.9. The van der Waals surface area contributed by atoms with Crippen molar-refractivity contribution in [2.45, 2.75) is 18.4 Å². The molecule has 1 heterocycles. The minimum Gasteiger partial charge on any atom is -0.486 e. The van der Waals surface area contributed by atoms with Crippen LogP contribution in [0, 0.1) is 0 Å². The molecule has 0 aliphatic carbocycles. The van der Waals surface area contributed by atoms with Crippen molar-refractivity contribution in [2.24, 2.45) is 0 Å². The van der Waals surface area contributed by atoms with E-state index in [1.54, 1.807) is 30.1 Å². The minimum absolute atomic E-state index is 0.0456. The fraction of sp³-hybridized carbons (Fsp3) is 0.222. The summed E-state index contributed by atoms with van der Waals surface area (Å²) in [4.78, 5) is 12.7. The Hall–Kier alpha value is -3.29. The molecule has 1 N–H and O–H groups in total. The van der Waals surface area contributed by atoms with Gasteiger partial charge in [0.1, 0.15) is 11.9 Å². The lowest BCUT2D eigenvalue weighted by Gasteiger charge is -2.23. The molecule has 0 aliphatic rings. The molecule has 0 aliphatic heterocycles. The Bertz CT molecular complexity index is 1240. The van der Waals surface area contributed by atoms with Gasteiger partial charge in [-0.25, -0.2) is 0 Å². The third-order valence-electron chi connectivity index (χ3n) is 5.66. The van der Waals surface area contributed by atoms with E-state index in [0.29, 0.717) is 18.7 Å². The maximum atomic E-state index is 15.2. The molecule has 0 fully saturated rings. The van der Waals surface area contributed by atoms with E-state index < -0.39 is 11.9 Å². The third-order valence-corrected chi connectivity index (χ3v) is 6.56. The van der Waals surface area contributed by atoms with Crippen molar-refractivity contribution in [3.63, 3.8) is 0 Å². The quantitative estimate of drug-likeness (QED) is 0.278. The van der Waals surface area contributed by atoms with E-state index in [-0.39, 0.29) is 23.8 Å². The molecule has 4 rings (SSSR count). The molecule has 176 valence electrons. The van der Waals surface area contributed by atoms with Crippen LogP contribution in [-0.2, 0) is 10.7 Å². The molecule has 0 bridgehead atoms. The first-order chi connectivity index (χ1) is 16.3. The van der Waals surface area contributed by atoms with Gasteiger partial charge in [-0.2, -0.15) is 8.78 Å². The summed E-state index contributed by atoms with van der Waals surface area (Å²) in [6.07, 6.45) is 0.205. The van der Waals surface area contributed by atoms with Crippen LogP contribution in [0.15, 0.2) is 84.2 Å². The summed E-state index contributed by atoms with van der Waals surface area (Å²) in [6, 6.07) is 22.1. The van der Waals surface area contributed by atoms with Gasteiger partial charge in [0.25, 0.3) is 5.92 Å². The van der Waals surface area contributed by atoms with Gasteiger partial charge in [-0.05, 0) is 65.8 Å². The van der Waals surface area contributed by atoms with Gasteiger partial charge in [-0.1, -0.05) is 36.4 Å². The zero-order valence-electron chi connectivity index (χ0n) is 18.7. The molecule has 1 unspecified atom stereocenters. The van der Waals surface area contributed by atoms with Gasteiger partial charge < -0.3 is 9.84 Å². The molecule has 0 spiro atoms. The summed E-state index contributed by atoms with van der Waals surface area (Å²) in [7, 11) is 1.74. The Morgan fingerprint density at radius 1 is 1.03 bits per heavy atom. The van der Waals surface area contributed by atoms with E-state index in [2.05, 4.69) is 0 Å². The van der Waals surface area contributed by atoms with Crippen LogP contribution in [0.5, 0.6) is 5.75 Å². The lowest BCUT2D eigenvalue weighted by atomic mass is 9.99. The highest BCUT2D eigenvalue weighted by molar-refractivity contribution is 7.17. The second kappa shape index (κ2) is 10.3. The fourth-order valence-corrected chi connectivity index (χ4v) is 4.62. The second-order valence-electron chi connectivity index (χ2n) is 8.21. The van der Waals surface area contributed by atoms with E-state index in [4.69, 9.17) is 9.84 Å². The van der Waals surface area contributed by atoms with Crippen LogP contribution in [0.2, 0.25) is 0 Å². The van der Waals surface area contributed by atoms with Crippen molar-refractivity contribution in [1.29, 1.82) is 0 Å². The number of thiophene rings is 1. The SMILES string of the molecule is CN(CCC(Oc1ccc(C(F)(F)c2ccc3sccc3c2)cc1)c1ccccc1)CC(=O)O. The zero-order chi connectivity index (χ0) is 24.1. The van der Waals surface area contributed by atoms with Crippen LogP contribution in [-0.4, -0.2) is 36.1 Å². The van der Waals surface area contributed by atoms with E-state index in [9.17, 15) is 4.79 Å². The van der Waals surface area contributed by atoms with E-state index >= 15 is 8.78 Å². The molecule has 3 aromatic carbocycles. The Morgan fingerprint density at radius 3 is 2.44 bits per heavy atom. The van der Waals surface area contributed by atoms with Gasteiger partial charge in [0, 0.05) is 28.8 Å². The molecule has 1 aromatic heterocycles. The number of carbonyl (C=O) groups is 1. The van der Waals surface area contributed by atoms with E-state index in [1.807, 2.05) is 41.8 Å². The van der Waals surface area contributed by atoms with Crippen molar-refractivity contribution < 1.29 is 23.4 Å². The van der Waals surface area contributed by atoms with Crippen LogP contribution >= 0.6 is 11.3 Å². The highest BCUT2D eigenvalue weighted by Gasteiger charge is 2.34. The van der Waals surface area contributed by atoms with E-state index in [0.717, 1.165) is 15.6 Å². The Balaban J connectivity index is 1.50. The topological polar surface area (TPSA) is 49.8 Å². The number of rotatable bonds is 10. The highest BCUT2D eigenvalue weighted by atomic mass is 32.1. The average molecular weight is 482 g/mol. The van der Waals surface area contributed by atoms with Crippen LogP contribution < -0.4 is 4.74 Å². The molecular weight excluding hydrogens is 456 g/mol. The van der Waals surface area contributed by atoms with Crippen molar-refractivity contribution >= 4 is 27.4 Å². The number of alkyl halides is 2. The maximum Gasteiger partial charge on any atom is 0.317 e. The summed E-state index contributed by atoms with van der Waals surface area (Å²) in [5.41, 5.74) is 0.785. The van der Waals surface area contributed by atoms with Crippen molar-refractivity contribution in [1.82, 2.24) is 4.90 Å². The average Bonchev–Trinajstić information content (AvgIpc) is 3.30. The number of benzene rings is 3. The third kappa shape index (κ3) is 5.61. The Labute approximate surface area is 201 Å². The van der Waals surface area contributed by atoms with Crippen LogP contribution in [0.4, 0.5) is 8.78 Å². The lowest BCUT2D eigenvalue weighted by molar-refractivity contribution is -0.138. The Morgan fingerprint density at radius 2 is 1.74 bits per heavy atom. The minimum atomic E-state index is -3.13. The zero-order valence-corrected chi connectivity index (χ0v) is 19.5. The molecule has 0 radical (unpaired) electrons. The number of nitrogens with zero attached hydrogens (tertiary/aromatic N) is 1. The predicted octanol–water partition coefficient (Wildman–Crippen LogP) is 6.57. The van der Waals surface area contributed by atoms with Gasteiger partial charge >= 0.3 is 5.97 Å². The number of hydrogen-bond donors (Lipinski definition) is 1. The molecule has 4 nitrogen and oxygen atoms in total. The van der Waals surface area contributed by atoms with Gasteiger partial charge in [0.2, 0.25) is 0 Å². The van der Waals surface area contributed by atoms with Gasteiger partial charge in [-0.15, -0.1) is 11.3 Å². The normalized spacial score (nSPS) is 12.7. The Kier molecular flexibility index (Phi) is 7.24. The number of carboxylic acid groups (broad SMARTS) is 1. The molecule has 1 atom stereocenters. The first kappa shape index (κ1) is 23.9. The monoisotopic (exact) mass is 481 g/mol. The second-order valence-corrected chi connectivity index (χ2v) is 9.16. The van der Waals surface area contributed by atoms with Gasteiger partial charge in [0.05, 0.1) is 6.54 Å². The van der Waals surface area contributed by atoms with Crippen LogP contribution in [0.1, 0.15) is 29.2 Å². The first-order valence-corrected chi connectivity index (χ1v) is 11.8. The van der Waals surface area contributed by atoms with Crippen molar-refractivity contribution in [3.05, 3.63) is 101 Å². The predicted molar refractivity (Wildman–Crippen MR) is 131 cm³/mol. The molecule has 34 heavy (non-hydrogen) atoms. The number of halogens is 2. The van der Waals surface area contributed by atoms with Crippen LogP contribution in [0.25, 0.3) is 10.1 Å². The molecule has 4 aromatic rings. The number of aliphatic carboxylic acids is 1. The van der Waals surface area contributed by atoms with Gasteiger partial charge in [0.15, 0.2) is 0 Å². The summed E-state index contributed by atoms with van der Waals surface area (Å²) >= 11 is 1.52. The number of carboxylic acids is 1. The molecule has 7 heteroatoms. The summed E-state index contributed by atoms with van der Waals surface area (Å²) in [5, 5.41) is 11.7. The molecular formula is C27H25F2NO3S. The summed E-state index contributed by atoms with van der Waals surface area (Å²) < 4.78 is 37.5. The number of hydrogen-bond acceptors (Lipinski definition) is 4. The standard InChI is InChI=1S/C27H25F2NO3S/c1-30(18-26(31)32)15-13-24(19-5-3-2-4-6-19)33-23-10-7-21(8-11-23)27(28,29)22-9-12-25-20(17-22)14-16-34-25/h2-12,14,16-17,24H,13,15,18H2,1H3,(H,31,32). The highest BCUT2D eigenvalue weighted by Crippen LogP contribution is 2.38. The number of ether oxygens (including phenoxy) is 1. The largest absolute Gasteiger partial charge is 0.486 e. The van der Waals surface area contributed by atoms with Crippen molar-refractivity contribution in [3.8, 4) is 5.75 Å². The number of likely N-dealkylation sites (N-methyl/N-ethyl adjacent to an activating group) is 1. The lowest BCUT2D eigenvalue weighted by Crippen LogP contribution is -2.28. The molecule has 0 saturated carbocycles. The molecule has 0 amide bonds. The smallest absolute Gasteiger partial charge is 0.317 e. The van der Waals surface area contributed by atoms with E-state index in [1.165, 1.54) is 35.6 Å².